The van der Waals surface area contributed by atoms with E-state index in [0.29, 0.717) is 6.61 Å². The highest BCUT2D eigenvalue weighted by atomic mass is 16.5. The second kappa shape index (κ2) is 4.62. The number of cyclic esters (lactones) is 1. The molecule has 1 aromatic rings. The van der Waals surface area contributed by atoms with Gasteiger partial charge in [-0.3, -0.25) is 4.79 Å². The molecule has 0 radical (unpaired) electrons. The maximum atomic E-state index is 11.5. The molecule has 1 unspecified atom stereocenters. The number of esters is 1. The third-order valence-electron chi connectivity index (χ3n) is 3.08. The van der Waals surface area contributed by atoms with Gasteiger partial charge >= 0.3 is 5.97 Å². The minimum absolute atomic E-state index is 0.137. The quantitative estimate of drug-likeness (QED) is 0.751. The first-order valence-electron chi connectivity index (χ1n) is 5.64. The van der Waals surface area contributed by atoms with E-state index in [1.165, 1.54) is 0 Å². The lowest BCUT2D eigenvalue weighted by atomic mass is 9.88. The summed E-state index contributed by atoms with van der Waals surface area (Å²) in [6, 6.07) is 7.71. The van der Waals surface area contributed by atoms with Crippen LogP contribution in [0, 0.1) is 5.41 Å². The number of rotatable bonds is 3. The van der Waals surface area contributed by atoms with Crippen LogP contribution < -0.4 is 4.74 Å². The van der Waals surface area contributed by atoms with Crippen molar-refractivity contribution in [2.45, 2.75) is 13.3 Å². The molecule has 0 spiro atoms. The molecule has 17 heavy (non-hydrogen) atoms. The van der Waals surface area contributed by atoms with Crippen molar-refractivity contribution in [1.29, 1.82) is 0 Å². The standard InChI is InChI=1S/C14H16O3/c1-14(9-10-17-13(14)15)8-7-11-3-5-12(16-2)6-4-11/h3-8H,9-10H2,1-2H3/b8-7+. The van der Waals surface area contributed by atoms with Crippen molar-refractivity contribution in [2.75, 3.05) is 13.7 Å². The molecule has 90 valence electrons. The molecule has 3 nitrogen and oxygen atoms in total. The van der Waals surface area contributed by atoms with Gasteiger partial charge in [0.15, 0.2) is 0 Å². The third kappa shape index (κ3) is 2.49. The molecular weight excluding hydrogens is 216 g/mol. The van der Waals surface area contributed by atoms with E-state index in [9.17, 15) is 4.79 Å². The van der Waals surface area contributed by atoms with Crippen LogP contribution in [-0.4, -0.2) is 19.7 Å². The Morgan fingerprint density at radius 3 is 2.59 bits per heavy atom. The van der Waals surface area contributed by atoms with Gasteiger partial charge in [0.2, 0.25) is 0 Å². The van der Waals surface area contributed by atoms with Crippen molar-refractivity contribution in [1.82, 2.24) is 0 Å². The highest BCUT2D eigenvalue weighted by Crippen LogP contribution is 2.31. The van der Waals surface area contributed by atoms with E-state index >= 15 is 0 Å². The summed E-state index contributed by atoms with van der Waals surface area (Å²) >= 11 is 0. The van der Waals surface area contributed by atoms with Gasteiger partial charge in [-0.2, -0.15) is 0 Å². The summed E-state index contributed by atoms with van der Waals surface area (Å²) in [4.78, 5) is 11.5. The lowest BCUT2D eigenvalue weighted by Crippen LogP contribution is -2.18. The van der Waals surface area contributed by atoms with E-state index in [2.05, 4.69) is 0 Å². The predicted molar refractivity (Wildman–Crippen MR) is 65.7 cm³/mol. The van der Waals surface area contributed by atoms with Gasteiger partial charge in [-0.15, -0.1) is 0 Å². The van der Waals surface area contributed by atoms with Gasteiger partial charge in [0.1, 0.15) is 5.75 Å². The monoisotopic (exact) mass is 232 g/mol. The molecule has 1 fully saturated rings. The first-order valence-corrected chi connectivity index (χ1v) is 5.64. The summed E-state index contributed by atoms with van der Waals surface area (Å²) in [7, 11) is 1.64. The van der Waals surface area contributed by atoms with Gasteiger partial charge in [-0.1, -0.05) is 24.3 Å². The Hall–Kier alpha value is -1.77. The van der Waals surface area contributed by atoms with E-state index in [1.807, 2.05) is 43.3 Å². The number of hydrogen-bond acceptors (Lipinski definition) is 3. The van der Waals surface area contributed by atoms with E-state index in [1.54, 1.807) is 7.11 Å². The molecule has 0 amide bonds. The van der Waals surface area contributed by atoms with E-state index in [0.717, 1.165) is 17.7 Å². The summed E-state index contributed by atoms with van der Waals surface area (Å²) < 4.78 is 10.1. The van der Waals surface area contributed by atoms with Gasteiger partial charge in [0, 0.05) is 6.42 Å². The van der Waals surface area contributed by atoms with Crippen LogP contribution in [0.4, 0.5) is 0 Å². The van der Waals surface area contributed by atoms with Crippen molar-refractivity contribution in [3.8, 4) is 5.75 Å². The topological polar surface area (TPSA) is 35.5 Å². The molecular formula is C14H16O3. The van der Waals surface area contributed by atoms with Gasteiger partial charge in [-0.05, 0) is 24.6 Å². The van der Waals surface area contributed by atoms with Crippen LogP contribution in [0.5, 0.6) is 5.75 Å². The lowest BCUT2D eigenvalue weighted by Gasteiger charge is -2.12. The highest BCUT2D eigenvalue weighted by molar-refractivity contribution is 5.81. The average Bonchev–Trinajstić information content (AvgIpc) is 2.68. The van der Waals surface area contributed by atoms with Crippen LogP contribution in [-0.2, 0) is 9.53 Å². The molecule has 0 aromatic heterocycles. The van der Waals surface area contributed by atoms with Crippen LogP contribution in [0.15, 0.2) is 30.3 Å². The Labute approximate surface area is 101 Å². The van der Waals surface area contributed by atoms with Gasteiger partial charge in [-0.25, -0.2) is 0 Å². The Kier molecular flexibility index (Phi) is 3.18. The molecule has 0 saturated carbocycles. The predicted octanol–water partition coefficient (Wildman–Crippen LogP) is 2.66. The van der Waals surface area contributed by atoms with Crippen molar-refractivity contribution in [3.05, 3.63) is 35.9 Å². The minimum atomic E-state index is -0.472. The normalized spacial score (nSPS) is 24.0. The van der Waals surface area contributed by atoms with Crippen molar-refractivity contribution < 1.29 is 14.3 Å². The number of methoxy groups -OCH3 is 1. The summed E-state index contributed by atoms with van der Waals surface area (Å²) in [5.74, 6) is 0.691. The lowest BCUT2D eigenvalue weighted by molar-refractivity contribution is -0.143. The van der Waals surface area contributed by atoms with Crippen molar-refractivity contribution in [2.24, 2.45) is 5.41 Å². The molecule has 0 N–H and O–H groups in total. The van der Waals surface area contributed by atoms with E-state index < -0.39 is 5.41 Å². The first kappa shape index (κ1) is 11.7. The number of carbonyl (C=O) groups excluding carboxylic acids is 1. The average molecular weight is 232 g/mol. The smallest absolute Gasteiger partial charge is 0.315 e. The number of ether oxygens (including phenoxy) is 2. The number of benzene rings is 1. The molecule has 1 aromatic carbocycles. The van der Waals surface area contributed by atoms with E-state index in [4.69, 9.17) is 9.47 Å². The fourth-order valence-corrected chi connectivity index (χ4v) is 1.77. The summed E-state index contributed by atoms with van der Waals surface area (Å²) in [5, 5.41) is 0. The maximum Gasteiger partial charge on any atom is 0.315 e. The molecule has 1 heterocycles. The van der Waals surface area contributed by atoms with Gasteiger partial charge in [0.25, 0.3) is 0 Å². The Morgan fingerprint density at radius 2 is 2.06 bits per heavy atom. The molecule has 1 saturated heterocycles. The molecule has 0 bridgehead atoms. The molecule has 0 aliphatic carbocycles. The maximum absolute atomic E-state index is 11.5. The van der Waals surface area contributed by atoms with Crippen LogP contribution in [0.3, 0.4) is 0 Å². The largest absolute Gasteiger partial charge is 0.497 e. The van der Waals surface area contributed by atoms with Crippen molar-refractivity contribution in [3.63, 3.8) is 0 Å². The molecule has 1 aliphatic rings. The molecule has 1 aliphatic heterocycles. The molecule has 2 rings (SSSR count). The Balaban J connectivity index is 2.11. The van der Waals surface area contributed by atoms with Crippen LogP contribution >= 0.6 is 0 Å². The van der Waals surface area contributed by atoms with Crippen molar-refractivity contribution >= 4 is 12.0 Å². The zero-order valence-corrected chi connectivity index (χ0v) is 10.1. The summed E-state index contributed by atoms with van der Waals surface area (Å²) in [6.45, 7) is 2.42. The second-order valence-corrected chi connectivity index (χ2v) is 4.41. The minimum Gasteiger partial charge on any atom is -0.497 e. The fourth-order valence-electron chi connectivity index (χ4n) is 1.77. The molecule has 1 atom stereocenters. The highest BCUT2D eigenvalue weighted by Gasteiger charge is 2.37. The zero-order valence-electron chi connectivity index (χ0n) is 10.1. The van der Waals surface area contributed by atoms with Crippen LogP contribution in [0.2, 0.25) is 0 Å². The summed E-state index contributed by atoms with van der Waals surface area (Å²) in [6.07, 6.45) is 4.62. The third-order valence-corrected chi connectivity index (χ3v) is 3.08. The molecule has 3 heteroatoms. The number of carbonyl (C=O) groups is 1. The summed E-state index contributed by atoms with van der Waals surface area (Å²) in [5.41, 5.74) is 0.576. The Morgan fingerprint density at radius 1 is 1.35 bits per heavy atom. The number of hydrogen-bond donors (Lipinski definition) is 0. The SMILES string of the molecule is COc1ccc(/C=C/C2(C)CCOC2=O)cc1. The van der Waals surface area contributed by atoms with Gasteiger partial charge < -0.3 is 9.47 Å². The zero-order chi connectivity index (χ0) is 12.3. The second-order valence-electron chi connectivity index (χ2n) is 4.41. The fraction of sp³-hybridized carbons (Fsp3) is 0.357. The van der Waals surface area contributed by atoms with Crippen LogP contribution in [0.25, 0.3) is 6.08 Å². The Bertz CT molecular complexity index is 433. The van der Waals surface area contributed by atoms with E-state index in [-0.39, 0.29) is 5.97 Å². The first-order chi connectivity index (χ1) is 8.14. The van der Waals surface area contributed by atoms with Gasteiger partial charge in [0.05, 0.1) is 19.1 Å². The van der Waals surface area contributed by atoms with Crippen LogP contribution in [0.1, 0.15) is 18.9 Å².